The second-order valence-corrected chi connectivity index (χ2v) is 12.5. The van der Waals surface area contributed by atoms with Gasteiger partial charge < -0.3 is 9.30 Å². The molecule has 0 aliphatic rings. The second kappa shape index (κ2) is 11.6. The van der Waals surface area contributed by atoms with E-state index in [0.717, 1.165) is 38.9 Å². The SMILES string of the molecule is CCOC(=O)/C=C/c1c(C(=CNS(=O)(=O)c2ccc(C)cc2)c2ccc(C(C)(C)C)cc2)c2ccccc2n1C. The number of esters is 1. The van der Waals surface area contributed by atoms with Gasteiger partial charge in [0.25, 0.3) is 10.0 Å². The molecule has 0 spiro atoms. The summed E-state index contributed by atoms with van der Waals surface area (Å²) >= 11 is 0. The molecule has 7 heteroatoms. The molecule has 208 valence electrons. The molecule has 0 bridgehead atoms. The minimum Gasteiger partial charge on any atom is -0.463 e. The van der Waals surface area contributed by atoms with Crippen LogP contribution in [0.5, 0.6) is 0 Å². The number of carbonyl (C=O) groups excluding carboxylic acids is 1. The number of rotatable bonds is 8. The lowest BCUT2D eigenvalue weighted by molar-refractivity contribution is -0.137. The van der Waals surface area contributed by atoms with Gasteiger partial charge in [-0.2, -0.15) is 0 Å². The van der Waals surface area contributed by atoms with E-state index in [0.29, 0.717) is 5.57 Å². The molecule has 0 saturated carbocycles. The van der Waals surface area contributed by atoms with Crippen LogP contribution in [-0.2, 0) is 32.0 Å². The number of benzene rings is 3. The van der Waals surface area contributed by atoms with Gasteiger partial charge in [0.15, 0.2) is 0 Å². The molecule has 0 unspecified atom stereocenters. The minimum absolute atomic E-state index is 0.0393. The van der Waals surface area contributed by atoms with E-state index in [9.17, 15) is 13.2 Å². The van der Waals surface area contributed by atoms with Gasteiger partial charge in [0.05, 0.1) is 11.5 Å². The van der Waals surface area contributed by atoms with Crippen LogP contribution in [0.2, 0.25) is 0 Å². The van der Waals surface area contributed by atoms with Crippen LogP contribution in [0.4, 0.5) is 0 Å². The van der Waals surface area contributed by atoms with Crippen LogP contribution in [0.1, 0.15) is 55.6 Å². The summed E-state index contributed by atoms with van der Waals surface area (Å²) in [6, 6.07) is 22.8. The first-order valence-electron chi connectivity index (χ1n) is 13.2. The van der Waals surface area contributed by atoms with Crippen LogP contribution < -0.4 is 4.72 Å². The van der Waals surface area contributed by atoms with Gasteiger partial charge in [-0.1, -0.05) is 80.9 Å². The third kappa shape index (κ3) is 6.20. The molecule has 1 aromatic heterocycles. The molecule has 4 aromatic rings. The van der Waals surface area contributed by atoms with Crippen molar-refractivity contribution in [3.63, 3.8) is 0 Å². The number of hydrogen-bond acceptors (Lipinski definition) is 4. The van der Waals surface area contributed by atoms with Crippen LogP contribution in [-0.4, -0.2) is 25.6 Å². The molecule has 1 N–H and O–H groups in total. The molecular weight excluding hydrogens is 520 g/mol. The summed E-state index contributed by atoms with van der Waals surface area (Å²) in [7, 11) is -1.91. The quantitative estimate of drug-likeness (QED) is 0.193. The second-order valence-electron chi connectivity index (χ2n) is 10.7. The Morgan fingerprint density at radius 2 is 1.62 bits per heavy atom. The highest BCUT2D eigenvalue weighted by molar-refractivity contribution is 7.89. The van der Waals surface area contributed by atoms with Crippen molar-refractivity contribution in [1.82, 2.24) is 9.29 Å². The van der Waals surface area contributed by atoms with Crippen molar-refractivity contribution in [2.24, 2.45) is 7.05 Å². The normalized spacial score (nSPS) is 12.7. The predicted molar refractivity (Wildman–Crippen MR) is 162 cm³/mol. The highest BCUT2D eigenvalue weighted by Gasteiger charge is 2.21. The molecule has 0 aliphatic heterocycles. The Balaban J connectivity index is 1.94. The maximum absolute atomic E-state index is 13.3. The van der Waals surface area contributed by atoms with Gasteiger partial charge in [-0.15, -0.1) is 0 Å². The molecule has 0 aliphatic carbocycles. The number of nitrogens with zero attached hydrogens (tertiary/aromatic N) is 1. The summed E-state index contributed by atoms with van der Waals surface area (Å²) in [5, 5.41) is 0.925. The molecule has 3 aromatic carbocycles. The number of nitrogens with one attached hydrogen (secondary N) is 1. The first-order valence-corrected chi connectivity index (χ1v) is 14.7. The van der Waals surface area contributed by atoms with Gasteiger partial charge >= 0.3 is 5.97 Å². The van der Waals surface area contributed by atoms with Crippen molar-refractivity contribution in [3.05, 3.63) is 113 Å². The fourth-order valence-electron chi connectivity index (χ4n) is 4.60. The Hall–Kier alpha value is -4.10. The standard InChI is InChI=1S/C33H36N2O4S/c1-7-39-31(36)21-20-30-32(27-10-8-9-11-29(27)35(30)6)28(24-14-16-25(17-15-24)33(3,4)5)22-34-40(37,38)26-18-12-23(2)13-19-26/h8-22,34H,7H2,1-6H3/b21-20+,28-22?. The number of fused-ring (bicyclic) bond motifs is 1. The number of ether oxygens (including phenoxy) is 1. The Bertz CT molecular complexity index is 1690. The molecule has 40 heavy (non-hydrogen) atoms. The molecule has 1 heterocycles. The van der Waals surface area contributed by atoms with Crippen molar-refractivity contribution < 1.29 is 17.9 Å². The predicted octanol–water partition coefficient (Wildman–Crippen LogP) is 6.73. The fourth-order valence-corrected chi connectivity index (χ4v) is 5.50. The van der Waals surface area contributed by atoms with E-state index in [2.05, 4.69) is 37.6 Å². The zero-order valence-corrected chi connectivity index (χ0v) is 24.7. The summed E-state index contributed by atoms with van der Waals surface area (Å²) in [6.07, 6.45) is 4.67. The van der Waals surface area contributed by atoms with Crippen molar-refractivity contribution in [1.29, 1.82) is 0 Å². The zero-order valence-electron chi connectivity index (χ0n) is 23.9. The van der Waals surface area contributed by atoms with Gasteiger partial charge in [-0.25, -0.2) is 13.2 Å². The molecule has 0 saturated heterocycles. The Labute approximate surface area is 237 Å². The summed E-state index contributed by atoms with van der Waals surface area (Å²) in [6.45, 7) is 10.4. The molecule has 0 atom stereocenters. The topological polar surface area (TPSA) is 77.4 Å². The summed E-state index contributed by atoms with van der Waals surface area (Å²) in [4.78, 5) is 12.4. The van der Waals surface area contributed by atoms with E-state index in [4.69, 9.17) is 4.74 Å². The Morgan fingerprint density at radius 3 is 2.25 bits per heavy atom. The van der Waals surface area contributed by atoms with E-state index in [-0.39, 0.29) is 16.9 Å². The largest absolute Gasteiger partial charge is 0.463 e. The van der Waals surface area contributed by atoms with Crippen LogP contribution in [0, 0.1) is 6.92 Å². The molecule has 0 fully saturated rings. The van der Waals surface area contributed by atoms with E-state index in [1.54, 1.807) is 43.5 Å². The van der Waals surface area contributed by atoms with E-state index in [1.165, 1.54) is 6.08 Å². The number of carbonyl (C=O) groups is 1. The maximum atomic E-state index is 13.3. The summed E-state index contributed by atoms with van der Waals surface area (Å²) in [5.41, 5.74) is 6.10. The molecular formula is C33H36N2O4S. The van der Waals surface area contributed by atoms with Gasteiger partial charge in [-0.3, -0.25) is 4.72 Å². The Morgan fingerprint density at radius 1 is 0.975 bits per heavy atom. The minimum atomic E-state index is -3.84. The van der Waals surface area contributed by atoms with Crippen LogP contribution in [0.25, 0.3) is 22.6 Å². The number of sulfonamides is 1. The van der Waals surface area contributed by atoms with Crippen LogP contribution in [0.3, 0.4) is 0 Å². The molecule has 4 rings (SSSR count). The van der Waals surface area contributed by atoms with Gasteiger partial charge in [-0.05, 0) is 54.7 Å². The first kappa shape index (κ1) is 28.9. The first-order chi connectivity index (χ1) is 18.9. The number of hydrogen-bond donors (Lipinski definition) is 1. The lowest BCUT2D eigenvalue weighted by Gasteiger charge is -2.20. The summed E-state index contributed by atoms with van der Waals surface area (Å²) in [5.74, 6) is -0.446. The summed E-state index contributed by atoms with van der Waals surface area (Å²) < 4.78 is 36.4. The number of para-hydroxylation sites is 1. The smallest absolute Gasteiger partial charge is 0.330 e. The van der Waals surface area contributed by atoms with E-state index in [1.807, 2.05) is 54.9 Å². The zero-order chi connectivity index (χ0) is 29.1. The third-order valence-corrected chi connectivity index (χ3v) is 8.16. The van der Waals surface area contributed by atoms with Crippen molar-refractivity contribution in [2.45, 2.75) is 44.9 Å². The van der Waals surface area contributed by atoms with Gasteiger partial charge in [0.2, 0.25) is 0 Å². The van der Waals surface area contributed by atoms with Crippen molar-refractivity contribution in [2.75, 3.05) is 6.61 Å². The average molecular weight is 557 g/mol. The van der Waals surface area contributed by atoms with Crippen LogP contribution in [0.15, 0.2) is 90.0 Å². The molecule has 0 amide bonds. The van der Waals surface area contributed by atoms with Crippen LogP contribution >= 0.6 is 0 Å². The highest BCUT2D eigenvalue weighted by atomic mass is 32.2. The molecule has 0 radical (unpaired) electrons. The van der Waals surface area contributed by atoms with E-state index >= 15 is 0 Å². The van der Waals surface area contributed by atoms with Crippen molar-refractivity contribution in [3.8, 4) is 0 Å². The van der Waals surface area contributed by atoms with Gasteiger partial charge in [0, 0.05) is 47.1 Å². The van der Waals surface area contributed by atoms with Crippen molar-refractivity contribution >= 4 is 38.5 Å². The Kier molecular flexibility index (Phi) is 8.35. The monoisotopic (exact) mass is 556 g/mol. The number of aryl methyl sites for hydroxylation is 2. The number of aromatic nitrogens is 1. The third-order valence-electron chi connectivity index (χ3n) is 6.84. The molecule has 6 nitrogen and oxygen atoms in total. The lowest BCUT2D eigenvalue weighted by Crippen LogP contribution is -2.18. The highest BCUT2D eigenvalue weighted by Crippen LogP contribution is 2.36. The maximum Gasteiger partial charge on any atom is 0.330 e. The fraction of sp³-hybridized carbons (Fsp3) is 0.242. The average Bonchev–Trinajstić information content (AvgIpc) is 3.19. The van der Waals surface area contributed by atoms with E-state index < -0.39 is 16.0 Å². The van der Waals surface area contributed by atoms with Gasteiger partial charge in [0.1, 0.15) is 0 Å². The lowest BCUT2D eigenvalue weighted by atomic mass is 9.85.